The van der Waals surface area contributed by atoms with Crippen LogP contribution in [0, 0.1) is 5.41 Å². The van der Waals surface area contributed by atoms with Crippen LogP contribution < -0.4 is 5.32 Å². The molecule has 1 unspecified atom stereocenters. The van der Waals surface area contributed by atoms with Gasteiger partial charge in [0, 0.05) is 6.04 Å². The van der Waals surface area contributed by atoms with E-state index in [4.69, 9.17) is 11.6 Å². The molecule has 1 atom stereocenters. The third kappa shape index (κ3) is 1.66. The Balaban J connectivity index is 1.99. The molecule has 2 aromatic rings. The summed E-state index contributed by atoms with van der Waals surface area (Å²) < 4.78 is 0. The van der Waals surface area contributed by atoms with Gasteiger partial charge in [-0.2, -0.15) is 0 Å². The van der Waals surface area contributed by atoms with Crippen LogP contribution in [0.3, 0.4) is 0 Å². The highest BCUT2D eigenvalue weighted by atomic mass is 35.5. The summed E-state index contributed by atoms with van der Waals surface area (Å²) in [6.45, 7) is 4.50. The Bertz CT molecular complexity index is 549. The van der Waals surface area contributed by atoms with Gasteiger partial charge in [0.2, 0.25) is 5.28 Å². The maximum absolute atomic E-state index is 5.90. The second kappa shape index (κ2) is 3.31. The lowest BCUT2D eigenvalue weighted by Crippen LogP contribution is -2.10. The van der Waals surface area contributed by atoms with E-state index in [0.717, 1.165) is 16.0 Å². The van der Waals surface area contributed by atoms with Crippen molar-refractivity contribution in [3.63, 3.8) is 0 Å². The molecule has 0 spiro atoms. The zero-order valence-electron chi connectivity index (χ0n) is 9.12. The van der Waals surface area contributed by atoms with Gasteiger partial charge in [0.15, 0.2) is 0 Å². The van der Waals surface area contributed by atoms with Gasteiger partial charge in [-0.3, -0.25) is 0 Å². The summed E-state index contributed by atoms with van der Waals surface area (Å²) in [5.74, 6) is 0.867. The van der Waals surface area contributed by atoms with Gasteiger partial charge in [0.25, 0.3) is 0 Å². The Morgan fingerprint density at radius 1 is 1.50 bits per heavy atom. The second-order valence-electron chi connectivity index (χ2n) is 4.87. The third-order valence-electron chi connectivity index (χ3n) is 3.12. The minimum absolute atomic E-state index is 0.316. The normalized spacial score (nSPS) is 22.3. The fourth-order valence-electron chi connectivity index (χ4n) is 1.82. The van der Waals surface area contributed by atoms with Crippen LogP contribution in [0.2, 0.25) is 5.28 Å². The zero-order chi connectivity index (χ0) is 11.3. The Hall–Kier alpha value is -0.870. The second-order valence-corrected chi connectivity index (χ2v) is 6.10. The molecule has 1 saturated carbocycles. The number of thiophene rings is 1. The van der Waals surface area contributed by atoms with Gasteiger partial charge < -0.3 is 5.32 Å². The van der Waals surface area contributed by atoms with Crippen molar-refractivity contribution < 1.29 is 0 Å². The molecule has 1 aliphatic carbocycles. The van der Waals surface area contributed by atoms with E-state index in [0.29, 0.717) is 16.7 Å². The van der Waals surface area contributed by atoms with E-state index in [9.17, 15) is 0 Å². The van der Waals surface area contributed by atoms with E-state index in [1.54, 1.807) is 11.3 Å². The lowest BCUT2D eigenvalue weighted by atomic mass is 10.2. The van der Waals surface area contributed by atoms with Crippen LogP contribution in [0.1, 0.15) is 20.3 Å². The van der Waals surface area contributed by atoms with Crippen molar-refractivity contribution in [2.24, 2.45) is 5.41 Å². The molecule has 1 fully saturated rings. The zero-order valence-corrected chi connectivity index (χ0v) is 10.7. The van der Waals surface area contributed by atoms with E-state index in [1.807, 2.05) is 11.4 Å². The van der Waals surface area contributed by atoms with E-state index in [-0.39, 0.29) is 0 Å². The molecule has 5 heteroatoms. The predicted molar refractivity (Wildman–Crippen MR) is 68.2 cm³/mol. The van der Waals surface area contributed by atoms with E-state index in [2.05, 4.69) is 29.1 Å². The van der Waals surface area contributed by atoms with Crippen molar-refractivity contribution in [2.45, 2.75) is 26.3 Å². The Labute approximate surface area is 103 Å². The first-order valence-electron chi connectivity index (χ1n) is 5.23. The molecule has 84 valence electrons. The molecule has 0 aliphatic heterocycles. The van der Waals surface area contributed by atoms with E-state index < -0.39 is 0 Å². The summed E-state index contributed by atoms with van der Waals surface area (Å²) in [5, 5.41) is 6.84. The average molecular weight is 254 g/mol. The third-order valence-corrected chi connectivity index (χ3v) is 4.10. The van der Waals surface area contributed by atoms with Crippen molar-refractivity contribution in [2.75, 3.05) is 5.32 Å². The smallest absolute Gasteiger partial charge is 0.225 e. The minimum atomic E-state index is 0.316. The van der Waals surface area contributed by atoms with E-state index in [1.165, 1.54) is 6.42 Å². The van der Waals surface area contributed by atoms with Gasteiger partial charge in [-0.1, -0.05) is 13.8 Å². The number of fused-ring (bicyclic) bond motifs is 1. The largest absolute Gasteiger partial charge is 0.366 e. The molecular formula is C11H12ClN3S. The van der Waals surface area contributed by atoms with Gasteiger partial charge in [0.1, 0.15) is 10.6 Å². The molecule has 3 nitrogen and oxygen atoms in total. The van der Waals surface area contributed by atoms with Crippen LogP contribution in [0.15, 0.2) is 11.4 Å². The predicted octanol–water partition coefficient (Wildman–Crippen LogP) is 3.56. The van der Waals surface area contributed by atoms with Crippen LogP contribution in [0.5, 0.6) is 0 Å². The van der Waals surface area contributed by atoms with Crippen LogP contribution in [-0.4, -0.2) is 16.0 Å². The first-order chi connectivity index (χ1) is 7.56. The fraction of sp³-hybridized carbons (Fsp3) is 0.455. The molecule has 0 saturated heterocycles. The van der Waals surface area contributed by atoms with Crippen LogP contribution in [0.4, 0.5) is 5.82 Å². The molecule has 16 heavy (non-hydrogen) atoms. The summed E-state index contributed by atoms with van der Waals surface area (Å²) in [7, 11) is 0. The summed E-state index contributed by atoms with van der Waals surface area (Å²) in [6, 6.07) is 2.54. The maximum atomic E-state index is 5.90. The molecule has 1 aliphatic rings. The number of halogens is 1. The number of hydrogen-bond donors (Lipinski definition) is 1. The lowest BCUT2D eigenvalue weighted by molar-refractivity contribution is 0.630. The van der Waals surface area contributed by atoms with Crippen LogP contribution in [-0.2, 0) is 0 Å². The quantitative estimate of drug-likeness (QED) is 0.832. The molecule has 0 amide bonds. The van der Waals surface area contributed by atoms with Gasteiger partial charge in [-0.25, -0.2) is 9.97 Å². The van der Waals surface area contributed by atoms with Crippen molar-refractivity contribution in [1.82, 2.24) is 9.97 Å². The first-order valence-corrected chi connectivity index (χ1v) is 6.49. The highest BCUT2D eigenvalue weighted by molar-refractivity contribution is 7.16. The molecule has 0 aromatic carbocycles. The molecule has 2 aromatic heterocycles. The number of rotatable bonds is 2. The molecule has 3 rings (SSSR count). The van der Waals surface area contributed by atoms with E-state index >= 15 is 0 Å². The summed E-state index contributed by atoms with van der Waals surface area (Å²) >= 11 is 7.49. The molecule has 0 radical (unpaired) electrons. The van der Waals surface area contributed by atoms with Crippen molar-refractivity contribution in [3.05, 3.63) is 16.7 Å². The number of anilines is 1. The SMILES string of the molecule is CC1(C)CC1Nc1nc(Cl)nc2sccc12. The fourth-order valence-corrected chi connectivity index (χ4v) is 2.80. The van der Waals surface area contributed by atoms with Crippen LogP contribution in [0.25, 0.3) is 10.2 Å². The standard InChI is InChI=1S/C11H12ClN3S/c1-11(2)5-7(11)13-8-6-3-4-16-9(6)15-10(12)14-8/h3-4,7H,5H2,1-2H3,(H,13,14,15). The number of nitrogens with zero attached hydrogens (tertiary/aromatic N) is 2. The van der Waals surface area contributed by atoms with Crippen molar-refractivity contribution in [1.29, 1.82) is 0 Å². The summed E-state index contributed by atoms with van der Waals surface area (Å²) in [6.07, 6.45) is 1.18. The number of hydrogen-bond acceptors (Lipinski definition) is 4. The average Bonchev–Trinajstić information content (AvgIpc) is 2.63. The first kappa shape index (κ1) is 10.3. The lowest BCUT2D eigenvalue weighted by Gasteiger charge is -2.08. The monoisotopic (exact) mass is 253 g/mol. The molecule has 0 bridgehead atoms. The molecule has 1 N–H and O–H groups in total. The Kier molecular flexibility index (Phi) is 2.13. The summed E-state index contributed by atoms with van der Waals surface area (Å²) in [5.41, 5.74) is 0.375. The highest BCUT2D eigenvalue weighted by Crippen LogP contribution is 2.47. The van der Waals surface area contributed by atoms with Gasteiger partial charge in [-0.15, -0.1) is 11.3 Å². The highest BCUT2D eigenvalue weighted by Gasteiger charge is 2.46. The maximum Gasteiger partial charge on any atom is 0.225 e. The van der Waals surface area contributed by atoms with Crippen molar-refractivity contribution >= 4 is 39.0 Å². The van der Waals surface area contributed by atoms with Crippen LogP contribution >= 0.6 is 22.9 Å². The molecule has 2 heterocycles. The minimum Gasteiger partial charge on any atom is -0.366 e. The Morgan fingerprint density at radius 2 is 2.25 bits per heavy atom. The number of aromatic nitrogens is 2. The Morgan fingerprint density at radius 3 is 2.94 bits per heavy atom. The van der Waals surface area contributed by atoms with Gasteiger partial charge >= 0.3 is 0 Å². The summed E-state index contributed by atoms with van der Waals surface area (Å²) in [4.78, 5) is 9.41. The number of nitrogens with one attached hydrogen (secondary N) is 1. The van der Waals surface area contributed by atoms with Gasteiger partial charge in [-0.05, 0) is 34.9 Å². The van der Waals surface area contributed by atoms with Gasteiger partial charge in [0.05, 0.1) is 5.39 Å². The molecular weight excluding hydrogens is 242 g/mol. The van der Waals surface area contributed by atoms with Crippen molar-refractivity contribution in [3.8, 4) is 0 Å². The topological polar surface area (TPSA) is 37.8 Å².